The summed E-state index contributed by atoms with van der Waals surface area (Å²) in [6, 6.07) is 14.0. The summed E-state index contributed by atoms with van der Waals surface area (Å²) >= 11 is 6.14. The number of benzene rings is 3. The number of halogens is 2. The molecule has 2 aromatic heterocycles. The third-order valence-electron chi connectivity index (χ3n) is 6.39. The maximum atomic E-state index is 15.5. The Hall–Kier alpha value is -3.95. The van der Waals surface area contributed by atoms with Gasteiger partial charge >= 0.3 is 0 Å². The molecule has 194 valence electrons. The van der Waals surface area contributed by atoms with Crippen molar-refractivity contribution in [3.63, 3.8) is 0 Å². The van der Waals surface area contributed by atoms with Gasteiger partial charge in [-0.05, 0) is 59.8 Å². The van der Waals surface area contributed by atoms with Crippen LogP contribution in [0.3, 0.4) is 0 Å². The van der Waals surface area contributed by atoms with E-state index in [1.165, 1.54) is 42.2 Å². The largest absolute Gasteiger partial charge is 0.496 e. The van der Waals surface area contributed by atoms with Gasteiger partial charge < -0.3 is 13.8 Å². The SMILES string of the molecule is COc1cc(-c2ccc(Cl)c(C)c2)c(F)cc1-c1cn(C)c(=O)c2cc(S(=O)(=O)Cc3ccon3)ccc12. The molecule has 0 bridgehead atoms. The molecular formula is C28H22ClFN2O5S. The summed E-state index contributed by atoms with van der Waals surface area (Å²) in [5, 5.41) is 4.88. The minimum absolute atomic E-state index is 0.0335. The van der Waals surface area contributed by atoms with Crippen molar-refractivity contribution in [3.8, 4) is 28.0 Å². The average Bonchev–Trinajstić information content (AvgIpc) is 3.40. The molecule has 0 unspecified atom stereocenters. The normalized spacial score (nSPS) is 11.7. The molecule has 5 aromatic rings. The Kier molecular flexibility index (Phi) is 6.58. The highest BCUT2D eigenvalue weighted by molar-refractivity contribution is 7.90. The molecule has 0 spiro atoms. The lowest BCUT2D eigenvalue weighted by Gasteiger charge is -2.16. The monoisotopic (exact) mass is 552 g/mol. The van der Waals surface area contributed by atoms with E-state index in [1.54, 1.807) is 43.6 Å². The number of hydrogen-bond donors (Lipinski definition) is 0. The highest BCUT2D eigenvalue weighted by Gasteiger charge is 2.21. The molecule has 0 aliphatic carbocycles. The number of nitrogens with zero attached hydrogens (tertiary/aromatic N) is 2. The number of pyridine rings is 1. The Labute approximate surface area is 223 Å². The number of sulfone groups is 1. The Bertz CT molecular complexity index is 1870. The minimum atomic E-state index is -3.81. The smallest absolute Gasteiger partial charge is 0.258 e. The zero-order valence-electron chi connectivity index (χ0n) is 20.7. The maximum absolute atomic E-state index is 15.5. The quantitative estimate of drug-likeness (QED) is 0.259. The molecule has 5 rings (SSSR count). The van der Waals surface area contributed by atoms with Crippen LogP contribution in [0, 0.1) is 12.7 Å². The van der Waals surface area contributed by atoms with Crippen LogP contribution in [0.2, 0.25) is 5.02 Å². The lowest BCUT2D eigenvalue weighted by molar-refractivity contribution is 0.413. The minimum Gasteiger partial charge on any atom is -0.496 e. The van der Waals surface area contributed by atoms with E-state index < -0.39 is 21.2 Å². The van der Waals surface area contributed by atoms with E-state index in [0.29, 0.717) is 38.4 Å². The van der Waals surface area contributed by atoms with Gasteiger partial charge in [0, 0.05) is 46.4 Å². The number of rotatable bonds is 6. The zero-order chi connectivity index (χ0) is 27.2. The first-order chi connectivity index (χ1) is 18.1. The molecule has 0 aliphatic rings. The molecule has 10 heteroatoms. The molecule has 0 atom stereocenters. The lowest BCUT2D eigenvalue weighted by Crippen LogP contribution is -2.17. The van der Waals surface area contributed by atoms with E-state index in [2.05, 4.69) is 5.16 Å². The summed E-state index contributed by atoms with van der Waals surface area (Å²) in [6.45, 7) is 1.84. The second kappa shape index (κ2) is 9.74. The summed E-state index contributed by atoms with van der Waals surface area (Å²) in [6.07, 6.45) is 2.87. The number of fused-ring (bicyclic) bond motifs is 1. The van der Waals surface area contributed by atoms with E-state index in [0.717, 1.165) is 5.56 Å². The van der Waals surface area contributed by atoms with Gasteiger partial charge in [-0.3, -0.25) is 4.79 Å². The Morgan fingerprint density at radius 2 is 1.82 bits per heavy atom. The molecule has 0 fully saturated rings. The van der Waals surface area contributed by atoms with E-state index in [-0.39, 0.29) is 21.7 Å². The fourth-order valence-corrected chi connectivity index (χ4v) is 5.81. The van der Waals surface area contributed by atoms with Gasteiger partial charge in [0.2, 0.25) is 0 Å². The van der Waals surface area contributed by atoms with Crippen molar-refractivity contribution in [2.24, 2.45) is 7.05 Å². The van der Waals surface area contributed by atoms with Gasteiger partial charge in [-0.2, -0.15) is 0 Å². The second-order valence-electron chi connectivity index (χ2n) is 8.91. The van der Waals surface area contributed by atoms with Crippen LogP contribution in [-0.2, 0) is 22.6 Å². The molecule has 0 saturated heterocycles. The fourth-order valence-electron chi connectivity index (χ4n) is 4.41. The van der Waals surface area contributed by atoms with Gasteiger partial charge in [0.25, 0.3) is 5.56 Å². The van der Waals surface area contributed by atoms with Crippen LogP contribution in [0.4, 0.5) is 4.39 Å². The molecule has 7 nitrogen and oxygen atoms in total. The van der Waals surface area contributed by atoms with Gasteiger partial charge in [0.15, 0.2) is 9.84 Å². The Balaban J connectivity index is 1.68. The molecule has 0 radical (unpaired) electrons. The predicted molar refractivity (Wildman–Crippen MR) is 144 cm³/mol. The van der Waals surface area contributed by atoms with E-state index in [1.807, 2.05) is 6.92 Å². The third kappa shape index (κ3) is 4.59. The highest BCUT2D eigenvalue weighted by atomic mass is 35.5. The van der Waals surface area contributed by atoms with Crippen molar-refractivity contribution in [2.75, 3.05) is 7.11 Å². The van der Waals surface area contributed by atoms with Crippen molar-refractivity contribution in [1.29, 1.82) is 0 Å². The van der Waals surface area contributed by atoms with Crippen LogP contribution in [-0.4, -0.2) is 25.3 Å². The van der Waals surface area contributed by atoms with Crippen LogP contribution in [0.15, 0.2) is 81.3 Å². The van der Waals surface area contributed by atoms with Gasteiger partial charge in [0.05, 0.1) is 17.7 Å². The first kappa shape index (κ1) is 25.7. The number of aromatic nitrogens is 2. The zero-order valence-corrected chi connectivity index (χ0v) is 22.2. The van der Waals surface area contributed by atoms with E-state index in [4.69, 9.17) is 20.9 Å². The van der Waals surface area contributed by atoms with Crippen molar-refractivity contribution in [3.05, 3.63) is 99.5 Å². The second-order valence-corrected chi connectivity index (χ2v) is 11.3. The highest BCUT2D eigenvalue weighted by Crippen LogP contribution is 2.39. The van der Waals surface area contributed by atoms with Crippen molar-refractivity contribution in [2.45, 2.75) is 17.6 Å². The Morgan fingerprint density at radius 1 is 1.03 bits per heavy atom. The molecular weight excluding hydrogens is 531 g/mol. The number of ether oxygens (including phenoxy) is 1. The molecule has 38 heavy (non-hydrogen) atoms. The van der Waals surface area contributed by atoms with Crippen molar-refractivity contribution < 1.29 is 22.1 Å². The molecule has 2 heterocycles. The topological polar surface area (TPSA) is 91.4 Å². The molecule has 0 aliphatic heterocycles. The van der Waals surface area contributed by atoms with Crippen molar-refractivity contribution >= 4 is 32.2 Å². The maximum Gasteiger partial charge on any atom is 0.258 e. The summed E-state index contributed by atoms with van der Waals surface area (Å²) in [5.74, 6) is -0.479. The average molecular weight is 553 g/mol. The number of methoxy groups -OCH3 is 1. The summed E-state index contributed by atoms with van der Waals surface area (Å²) in [4.78, 5) is 13.0. The first-order valence-electron chi connectivity index (χ1n) is 11.5. The number of aryl methyl sites for hydroxylation is 2. The summed E-state index contributed by atoms with van der Waals surface area (Å²) in [7, 11) is -0.779. The molecule has 0 N–H and O–H groups in total. The standard InChI is InChI=1S/C28H22ClFN2O5S/c1-16-10-17(4-7-25(16)29)21-13-27(36-3)22(12-26(21)30)24-14-32(2)28(33)23-11-19(5-6-20(23)24)38(34,35)15-18-8-9-37-31-18/h4-14H,15H2,1-3H3. The lowest BCUT2D eigenvalue weighted by atomic mass is 9.95. The van der Waals surface area contributed by atoms with Gasteiger partial charge in [0.1, 0.15) is 23.6 Å². The van der Waals surface area contributed by atoms with E-state index in [9.17, 15) is 13.2 Å². The molecule has 0 amide bonds. The Morgan fingerprint density at radius 3 is 2.50 bits per heavy atom. The van der Waals surface area contributed by atoms with Gasteiger partial charge in [-0.25, -0.2) is 12.8 Å². The van der Waals surface area contributed by atoms with Crippen LogP contribution >= 0.6 is 11.6 Å². The summed E-state index contributed by atoms with van der Waals surface area (Å²) < 4.78 is 53.2. The van der Waals surface area contributed by atoms with Crippen LogP contribution in [0.1, 0.15) is 11.3 Å². The van der Waals surface area contributed by atoms with Crippen LogP contribution in [0.5, 0.6) is 5.75 Å². The number of hydrogen-bond acceptors (Lipinski definition) is 6. The first-order valence-corrected chi connectivity index (χ1v) is 13.5. The van der Waals surface area contributed by atoms with Crippen LogP contribution < -0.4 is 10.3 Å². The van der Waals surface area contributed by atoms with Crippen LogP contribution in [0.25, 0.3) is 33.0 Å². The predicted octanol–water partition coefficient (Wildman–Crippen LogP) is 5.94. The van der Waals surface area contributed by atoms with Gasteiger partial charge in [-0.15, -0.1) is 0 Å². The van der Waals surface area contributed by atoms with E-state index >= 15 is 4.39 Å². The third-order valence-corrected chi connectivity index (χ3v) is 8.46. The summed E-state index contributed by atoms with van der Waals surface area (Å²) in [5.41, 5.74) is 2.57. The van der Waals surface area contributed by atoms with Crippen molar-refractivity contribution in [1.82, 2.24) is 9.72 Å². The fraction of sp³-hybridized carbons (Fsp3) is 0.143. The van der Waals surface area contributed by atoms with Gasteiger partial charge in [-0.1, -0.05) is 28.9 Å². The molecule has 0 saturated carbocycles. The molecule has 3 aromatic carbocycles.